The Morgan fingerprint density at radius 2 is 1.73 bits per heavy atom. The zero-order chi connectivity index (χ0) is 15.8. The predicted molar refractivity (Wildman–Crippen MR) is 93.5 cm³/mol. The van der Waals surface area contributed by atoms with Gasteiger partial charge in [0.1, 0.15) is 0 Å². The minimum Gasteiger partial charge on any atom is -0.325 e. The van der Waals surface area contributed by atoms with Gasteiger partial charge in [-0.2, -0.15) is 0 Å². The van der Waals surface area contributed by atoms with Crippen molar-refractivity contribution >= 4 is 0 Å². The van der Waals surface area contributed by atoms with Crippen molar-refractivity contribution in [3.05, 3.63) is 12.2 Å². The highest BCUT2D eigenvalue weighted by molar-refractivity contribution is 5.25. The molecule has 4 saturated carbocycles. The van der Waals surface area contributed by atoms with Crippen LogP contribution in [0.15, 0.2) is 12.2 Å². The molecule has 0 spiro atoms. The molecular formula is C21H35N. The number of hydrogen-bond donors (Lipinski definition) is 1. The fourth-order valence-corrected chi connectivity index (χ4v) is 7.54. The lowest BCUT2D eigenvalue weighted by Crippen LogP contribution is -2.65. The summed E-state index contributed by atoms with van der Waals surface area (Å²) in [7, 11) is 0. The monoisotopic (exact) mass is 301 g/mol. The minimum atomic E-state index is 0.116. The van der Waals surface area contributed by atoms with Crippen molar-refractivity contribution in [1.82, 2.24) is 0 Å². The van der Waals surface area contributed by atoms with Crippen LogP contribution in [-0.4, -0.2) is 5.54 Å². The Kier molecular flexibility index (Phi) is 3.20. The van der Waals surface area contributed by atoms with Gasteiger partial charge < -0.3 is 5.73 Å². The summed E-state index contributed by atoms with van der Waals surface area (Å²) < 4.78 is 0. The van der Waals surface area contributed by atoms with Gasteiger partial charge in [-0.1, -0.05) is 45.8 Å². The Morgan fingerprint density at radius 1 is 1.00 bits per heavy atom. The van der Waals surface area contributed by atoms with Crippen molar-refractivity contribution < 1.29 is 0 Å². The van der Waals surface area contributed by atoms with Crippen molar-refractivity contribution in [1.29, 1.82) is 0 Å². The molecule has 7 unspecified atom stereocenters. The fourth-order valence-electron chi connectivity index (χ4n) is 7.54. The van der Waals surface area contributed by atoms with Crippen LogP contribution in [0.1, 0.15) is 78.6 Å². The maximum atomic E-state index is 7.02. The van der Waals surface area contributed by atoms with E-state index in [1.165, 1.54) is 57.8 Å². The minimum absolute atomic E-state index is 0.116. The van der Waals surface area contributed by atoms with Gasteiger partial charge in [0.2, 0.25) is 0 Å². The van der Waals surface area contributed by atoms with Gasteiger partial charge in [-0.05, 0) is 79.4 Å². The van der Waals surface area contributed by atoms with Gasteiger partial charge in [-0.25, -0.2) is 0 Å². The van der Waals surface area contributed by atoms with Crippen LogP contribution < -0.4 is 5.73 Å². The third-order valence-corrected chi connectivity index (χ3v) is 9.42. The lowest BCUT2D eigenvalue weighted by Gasteiger charge is -2.64. The molecule has 22 heavy (non-hydrogen) atoms. The van der Waals surface area contributed by atoms with Crippen LogP contribution in [0.25, 0.3) is 0 Å². The highest BCUT2D eigenvalue weighted by atomic mass is 14.8. The number of rotatable bonds is 0. The highest BCUT2D eigenvalue weighted by Gasteiger charge is 2.63. The highest BCUT2D eigenvalue weighted by Crippen LogP contribution is 2.68. The smallest absolute Gasteiger partial charge is 0.0211 e. The Bertz CT molecular complexity index is 496. The van der Waals surface area contributed by atoms with Crippen molar-refractivity contribution in [3.63, 3.8) is 0 Å². The molecule has 2 N–H and O–H groups in total. The zero-order valence-electron chi connectivity index (χ0n) is 15.0. The van der Waals surface area contributed by atoms with Crippen molar-refractivity contribution in [3.8, 4) is 0 Å². The fraction of sp³-hybridized carbons (Fsp3) is 0.905. The lowest BCUT2D eigenvalue weighted by atomic mass is 9.42. The van der Waals surface area contributed by atoms with E-state index in [1.54, 1.807) is 5.57 Å². The number of nitrogens with two attached hydrogens (primary N) is 1. The van der Waals surface area contributed by atoms with E-state index < -0.39 is 0 Å². The summed E-state index contributed by atoms with van der Waals surface area (Å²) in [5.74, 6) is 3.44. The van der Waals surface area contributed by atoms with E-state index in [2.05, 4.69) is 27.4 Å². The molecule has 0 aliphatic heterocycles. The van der Waals surface area contributed by atoms with Crippen LogP contribution in [-0.2, 0) is 0 Å². The van der Waals surface area contributed by atoms with Gasteiger partial charge >= 0.3 is 0 Å². The van der Waals surface area contributed by atoms with E-state index in [0.717, 1.165) is 23.7 Å². The first kappa shape index (κ1) is 15.2. The van der Waals surface area contributed by atoms with Crippen molar-refractivity contribution in [2.75, 3.05) is 0 Å². The van der Waals surface area contributed by atoms with Gasteiger partial charge in [0.15, 0.2) is 0 Å². The third-order valence-electron chi connectivity index (χ3n) is 9.42. The van der Waals surface area contributed by atoms with Crippen LogP contribution in [0.5, 0.6) is 0 Å². The summed E-state index contributed by atoms with van der Waals surface area (Å²) in [6.45, 7) is 12.2. The Hall–Kier alpha value is -0.300. The number of fused-ring (bicyclic) bond motifs is 5. The molecule has 0 bridgehead atoms. The molecule has 4 aliphatic carbocycles. The second-order valence-electron chi connectivity index (χ2n) is 9.76. The molecule has 0 amide bonds. The van der Waals surface area contributed by atoms with Gasteiger partial charge in [0.05, 0.1) is 0 Å². The summed E-state index contributed by atoms with van der Waals surface area (Å²) >= 11 is 0. The Labute approximate surface area is 137 Å². The molecule has 4 fully saturated rings. The van der Waals surface area contributed by atoms with Gasteiger partial charge in [-0.3, -0.25) is 0 Å². The normalized spacial score (nSPS) is 57.9. The van der Waals surface area contributed by atoms with E-state index in [4.69, 9.17) is 5.73 Å². The van der Waals surface area contributed by atoms with Crippen LogP contribution in [0, 0.1) is 34.5 Å². The van der Waals surface area contributed by atoms with Crippen molar-refractivity contribution in [2.45, 2.75) is 84.1 Å². The van der Waals surface area contributed by atoms with Crippen LogP contribution in [0.3, 0.4) is 0 Å². The number of hydrogen-bond acceptors (Lipinski definition) is 1. The molecule has 124 valence electrons. The summed E-state index contributed by atoms with van der Waals surface area (Å²) in [5.41, 5.74) is 9.49. The van der Waals surface area contributed by atoms with Gasteiger partial charge in [-0.15, -0.1) is 0 Å². The van der Waals surface area contributed by atoms with E-state index >= 15 is 0 Å². The third kappa shape index (κ3) is 1.65. The second-order valence-corrected chi connectivity index (χ2v) is 9.76. The molecule has 0 radical (unpaired) electrons. The molecular weight excluding hydrogens is 266 g/mol. The van der Waals surface area contributed by atoms with Crippen LogP contribution in [0.2, 0.25) is 0 Å². The number of allylic oxidation sites excluding steroid dienone is 1. The first-order valence-corrected chi connectivity index (χ1v) is 9.80. The van der Waals surface area contributed by atoms with E-state index in [-0.39, 0.29) is 5.54 Å². The zero-order valence-corrected chi connectivity index (χ0v) is 15.0. The van der Waals surface area contributed by atoms with E-state index in [1.807, 2.05) is 0 Å². The molecule has 7 atom stereocenters. The summed E-state index contributed by atoms with van der Waals surface area (Å²) in [5, 5.41) is 0. The molecule has 0 aromatic rings. The first-order valence-electron chi connectivity index (χ1n) is 9.80. The average molecular weight is 302 g/mol. The molecule has 0 heterocycles. The molecule has 1 heteroatoms. The van der Waals surface area contributed by atoms with E-state index in [0.29, 0.717) is 10.8 Å². The molecule has 0 saturated heterocycles. The standard InChI is InChI=1S/C21H35N/c1-14-7-8-17-16-9-12-21(22)11-6-5-10-19(21,3)18(16)13-15(2)20(14,17)4/h14,16-18H,2,5-13,22H2,1,3-4H3. The Balaban J connectivity index is 1.74. The second kappa shape index (κ2) is 4.62. The maximum Gasteiger partial charge on any atom is 0.0211 e. The quantitative estimate of drug-likeness (QED) is 0.603. The van der Waals surface area contributed by atoms with E-state index in [9.17, 15) is 0 Å². The molecule has 0 aromatic heterocycles. The topological polar surface area (TPSA) is 26.0 Å². The molecule has 1 nitrogen and oxygen atoms in total. The van der Waals surface area contributed by atoms with Crippen LogP contribution >= 0.6 is 0 Å². The summed E-state index contributed by atoms with van der Waals surface area (Å²) in [6, 6.07) is 0. The molecule has 4 aliphatic rings. The Morgan fingerprint density at radius 3 is 2.50 bits per heavy atom. The predicted octanol–water partition coefficient (Wildman–Crippen LogP) is 5.30. The molecule has 4 rings (SSSR count). The first-order chi connectivity index (χ1) is 10.3. The summed E-state index contributed by atoms with van der Waals surface area (Å²) in [6.07, 6.45) is 12.1. The largest absolute Gasteiger partial charge is 0.325 e. The van der Waals surface area contributed by atoms with Gasteiger partial charge in [0.25, 0.3) is 0 Å². The van der Waals surface area contributed by atoms with Crippen LogP contribution in [0.4, 0.5) is 0 Å². The average Bonchev–Trinajstić information content (AvgIpc) is 2.79. The SMILES string of the molecule is C=C1CC2C(CCC3(N)CCCCC23C)C2CCC(C)C12C. The lowest BCUT2D eigenvalue weighted by molar-refractivity contribution is -0.101. The van der Waals surface area contributed by atoms with Gasteiger partial charge in [0, 0.05) is 5.54 Å². The maximum absolute atomic E-state index is 7.02. The summed E-state index contributed by atoms with van der Waals surface area (Å²) in [4.78, 5) is 0. The van der Waals surface area contributed by atoms with Crippen molar-refractivity contribution in [2.24, 2.45) is 40.2 Å². The molecule has 0 aromatic carbocycles.